The highest BCUT2D eigenvalue weighted by molar-refractivity contribution is 5.98. The zero-order chi connectivity index (χ0) is 21.3. The van der Waals surface area contributed by atoms with E-state index in [1.807, 2.05) is 30.3 Å². The molecule has 0 aromatic heterocycles. The molecule has 2 aromatic rings. The Labute approximate surface area is 169 Å². The fourth-order valence-electron chi connectivity index (χ4n) is 4.42. The number of carboxylic acids is 1. The zero-order valence-electron chi connectivity index (χ0n) is 16.8. The van der Waals surface area contributed by atoms with Gasteiger partial charge >= 0.3 is 5.97 Å². The molecular formula is C22H24N2O5. The molecule has 7 heteroatoms. The first kappa shape index (κ1) is 20.5. The molecule has 2 aromatic carbocycles. The van der Waals surface area contributed by atoms with E-state index in [0.717, 1.165) is 5.56 Å². The number of carboxylic acid groups (broad SMARTS) is 1. The van der Waals surface area contributed by atoms with Crippen LogP contribution in [-0.2, 0) is 10.2 Å². The fraction of sp³-hybridized carbons (Fsp3) is 0.364. The van der Waals surface area contributed by atoms with Gasteiger partial charge in [0.15, 0.2) is 0 Å². The molecule has 152 valence electrons. The van der Waals surface area contributed by atoms with Gasteiger partial charge in [-0.05, 0) is 50.8 Å². The quantitative estimate of drug-likeness (QED) is 0.626. The van der Waals surface area contributed by atoms with Crippen LogP contribution in [0.3, 0.4) is 0 Å². The predicted molar refractivity (Wildman–Crippen MR) is 108 cm³/mol. The lowest BCUT2D eigenvalue weighted by Crippen LogP contribution is -2.49. The van der Waals surface area contributed by atoms with Crippen LogP contribution in [0.1, 0.15) is 45.5 Å². The van der Waals surface area contributed by atoms with E-state index in [4.69, 9.17) is 0 Å². The van der Waals surface area contributed by atoms with Crippen LogP contribution in [0.2, 0.25) is 0 Å². The number of hydrogen-bond acceptors (Lipinski definition) is 4. The highest BCUT2D eigenvalue weighted by Crippen LogP contribution is 2.37. The molecule has 1 amide bonds. The second-order valence-electron chi connectivity index (χ2n) is 7.66. The summed E-state index contributed by atoms with van der Waals surface area (Å²) >= 11 is 0. The average molecular weight is 396 g/mol. The third-order valence-electron chi connectivity index (χ3n) is 5.97. The molecule has 1 saturated heterocycles. The molecule has 0 radical (unpaired) electrons. The Bertz CT molecular complexity index is 976. The number of benzene rings is 2. The zero-order valence-corrected chi connectivity index (χ0v) is 16.8. The van der Waals surface area contributed by atoms with Crippen molar-refractivity contribution in [3.8, 4) is 0 Å². The number of nitrogens with zero attached hydrogens (tertiary/aromatic N) is 2. The van der Waals surface area contributed by atoms with Crippen LogP contribution in [0.25, 0.3) is 0 Å². The lowest BCUT2D eigenvalue weighted by atomic mass is 9.72. The van der Waals surface area contributed by atoms with Gasteiger partial charge in [0.2, 0.25) is 0 Å². The average Bonchev–Trinajstić information content (AvgIpc) is 2.67. The highest BCUT2D eigenvalue weighted by Gasteiger charge is 2.44. The normalized spacial score (nSPS) is 15.8. The third-order valence-corrected chi connectivity index (χ3v) is 5.97. The molecule has 3 rings (SSSR count). The van der Waals surface area contributed by atoms with E-state index in [0.29, 0.717) is 35.1 Å². The molecule has 0 aliphatic carbocycles. The van der Waals surface area contributed by atoms with Gasteiger partial charge in [-0.15, -0.1) is 0 Å². The van der Waals surface area contributed by atoms with E-state index in [-0.39, 0.29) is 24.7 Å². The van der Waals surface area contributed by atoms with Crippen LogP contribution in [0.15, 0.2) is 36.4 Å². The Kier molecular flexibility index (Phi) is 5.42. The fourth-order valence-corrected chi connectivity index (χ4v) is 4.42. The van der Waals surface area contributed by atoms with Crippen LogP contribution < -0.4 is 0 Å². The summed E-state index contributed by atoms with van der Waals surface area (Å²) < 4.78 is 0. The Morgan fingerprint density at radius 2 is 1.66 bits per heavy atom. The first-order valence-corrected chi connectivity index (χ1v) is 9.52. The number of nitro groups is 1. The summed E-state index contributed by atoms with van der Waals surface area (Å²) in [6.07, 6.45) is 0.592. The Morgan fingerprint density at radius 3 is 2.17 bits per heavy atom. The summed E-state index contributed by atoms with van der Waals surface area (Å²) in [4.78, 5) is 37.9. The summed E-state index contributed by atoms with van der Waals surface area (Å²) in [5, 5.41) is 21.4. The van der Waals surface area contributed by atoms with E-state index in [2.05, 4.69) is 0 Å². The van der Waals surface area contributed by atoms with Gasteiger partial charge in [0.1, 0.15) is 0 Å². The number of aryl methyl sites for hydroxylation is 2. The van der Waals surface area contributed by atoms with Gasteiger partial charge in [0.05, 0.1) is 15.9 Å². The van der Waals surface area contributed by atoms with Gasteiger partial charge in [-0.2, -0.15) is 0 Å². The molecule has 0 unspecified atom stereocenters. The maximum atomic E-state index is 13.2. The van der Waals surface area contributed by atoms with Crippen LogP contribution in [0.5, 0.6) is 0 Å². The number of likely N-dealkylation sites (tertiary alicyclic amines) is 1. The van der Waals surface area contributed by atoms with Crippen LogP contribution >= 0.6 is 0 Å². The second kappa shape index (κ2) is 7.66. The molecule has 7 nitrogen and oxygen atoms in total. The standard InChI is InChI=1S/C22H24N2O5/c1-14-13-15(2)19(24(28)29)16(3)18(14)20(25)23-11-9-22(10-12-23,21(26)27)17-7-5-4-6-8-17/h4-8,13H,9-12H2,1-3H3,(H,26,27). The van der Waals surface area contributed by atoms with Crippen LogP contribution in [0, 0.1) is 30.9 Å². The topological polar surface area (TPSA) is 101 Å². The van der Waals surface area contributed by atoms with Gasteiger partial charge < -0.3 is 10.0 Å². The SMILES string of the molecule is Cc1cc(C)c([N+](=O)[O-])c(C)c1C(=O)N1CCC(C(=O)O)(c2ccccc2)CC1. The lowest BCUT2D eigenvalue weighted by molar-refractivity contribution is -0.386. The number of aliphatic carboxylic acids is 1. The summed E-state index contributed by atoms with van der Waals surface area (Å²) in [5.41, 5.74) is 1.57. The first-order valence-electron chi connectivity index (χ1n) is 9.52. The van der Waals surface area contributed by atoms with Crippen molar-refractivity contribution in [2.24, 2.45) is 0 Å². The maximum Gasteiger partial charge on any atom is 0.314 e. The van der Waals surface area contributed by atoms with Crippen LogP contribution in [0.4, 0.5) is 5.69 Å². The monoisotopic (exact) mass is 396 g/mol. The van der Waals surface area contributed by atoms with Gasteiger partial charge in [0.25, 0.3) is 11.6 Å². The predicted octanol–water partition coefficient (Wildman–Crippen LogP) is 3.78. The van der Waals surface area contributed by atoms with Crippen molar-refractivity contribution >= 4 is 17.6 Å². The van der Waals surface area contributed by atoms with Crippen molar-refractivity contribution in [2.75, 3.05) is 13.1 Å². The van der Waals surface area contributed by atoms with Crippen molar-refractivity contribution in [3.63, 3.8) is 0 Å². The first-order chi connectivity index (χ1) is 13.7. The summed E-state index contributed by atoms with van der Waals surface area (Å²) in [7, 11) is 0. The van der Waals surface area contributed by atoms with Gasteiger partial charge in [0, 0.05) is 24.2 Å². The maximum absolute atomic E-state index is 13.2. The van der Waals surface area contributed by atoms with Crippen molar-refractivity contribution < 1.29 is 19.6 Å². The molecule has 1 N–H and O–H groups in total. The van der Waals surface area contributed by atoms with Crippen LogP contribution in [-0.4, -0.2) is 39.9 Å². The summed E-state index contributed by atoms with van der Waals surface area (Å²) in [6, 6.07) is 10.7. The number of hydrogen-bond donors (Lipinski definition) is 1. The smallest absolute Gasteiger partial charge is 0.314 e. The number of nitro benzene ring substituents is 1. The second-order valence-corrected chi connectivity index (χ2v) is 7.66. The number of piperidine rings is 1. The van der Waals surface area contributed by atoms with Crippen molar-refractivity contribution in [2.45, 2.75) is 39.0 Å². The number of rotatable bonds is 4. The molecule has 0 spiro atoms. The highest BCUT2D eigenvalue weighted by atomic mass is 16.6. The minimum Gasteiger partial charge on any atom is -0.481 e. The largest absolute Gasteiger partial charge is 0.481 e. The number of amides is 1. The van der Waals surface area contributed by atoms with Gasteiger partial charge in [-0.3, -0.25) is 19.7 Å². The molecule has 0 bridgehead atoms. The molecular weight excluding hydrogens is 372 g/mol. The van der Waals surface area contributed by atoms with E-state index in [1.54, 1.807) is 31.7 Å². The van der Waals surface area contributed by atoms with E-state index < -0.39 is 16.3 Å². The van der Waals surface area contributed by atoms with Gasteiger partial charge in [-0.25, -0.2) is 0 Å². The van der Waals surface area contributed by atoms with Crippen molar-refractivity contribution in [1.82, 2.24) is 4.90 Å². The number of carbonyl (C=O) groups is 2. The van der Waals surface area contributed by atoms with Gasteiger partial charge in [-0.1, -0.05) is 30.3 Å². The molecule has 1 aliphatic rings. The van der Waals surface area contributed by atoms with E-state index in [9.17, 15) is 24.8 Å². The molecule has 1 heterocycles. The minimum absolute atomic E-state index is 0.0415. The van der Waals surface area contributed by atoms with Crippen molar-refractivity contribution in [3.05, 3.63) is 74.3 Å². The Balaban J connectivity index is 1.90. The Morgan fingerprint density at radius 1 is 1.07 bits per heavy atom. The summed E-state index contributed by atoms with van der Waals surface area (Å²) in [6.45, 7) is 5.59. The summed E-state index contributed by atoms with van der Waals surface area (Å²) in [5.74, 6) is -1.18. The minimum atomic E-state index is -1.03. The Hall–Kier alpha value is -3.22. The molecule has 0 saturated carbocycles. The molecule has 0 atom stereocenters. The van der Waals surface area contributed by atoms with E-state index in [1.165, 1.54) is 0 Å². The third kappa shape index (κ3) is 3.48. The van der Waals surface area contributed by atoms with Crippen molar-refractivity contribution in [1.29, 1.82) is 0 Å². The van der Waals surface area contributed by atoms with E-state index >= 15 is 0 Å². The molecule has 1 fully saturated rings. The molecule has 29 heavy (non-hydrogen) atoms. The lowest BCUT2D eigenvalue weighted by Gasteiger charge is -2.39. The number of carbonyl (C=O) groups excluding carboxylic acids is 1. The molecule has 1 aliphatic heterocycles.